The highest BCUT2D eigenvalue weighted by atomic mass is 16.6. The van der Waals surface area contributed by atoms with Crippen LogP contribution in [0.3, 0.4) is 0 Å². The predicted octanol–water partition coefficient (Wildman–Crippen LogP) is -1.76. The Kier molecular flexibility index (Phi) is 4.84. The molecule has 132 valence electrons. The zero-order chi connectivity index (χ0) is 17.4. The van der Waals surface area contributed by atoms with Gasteiger partial charge in [-0.2, -0.15) is 4.57 Å². The van der Waals surface area contributed by atoms with E-state index in [9.17, 15) is 25.2 Å². The van der Waals surface area contributed by atoms with Gasteiger partial charge in [0.15, 0.2) is 18.5 Å². The number of carbonyl (C=O) groups is 1. The molecule has 1 aromatic heterocycles. The summed E-state index contributed by atoms with van der Waals surface area (Å²) < 4.78 is 7.15. The maximum Gasteiger partial charge on any atom is 0.292 e. The third kappa shape index (κ3) is 2.91. The number of rotatable bonds is 3. The van der Waals surface area contributed by atoms with Crippen LogP contribution >= 0.6 is 0 Å². The SMILES string of the molecule is CN1C(=O)CCC1c1ccc[n+]([C@@H]2O[C@H](CO)[C@@H](O)[C@H](O)[C@H]2O)c1. The molecule has 3 rings (SSSR count). The molecule has 8 nitrogen and oxygen atoms in total. The molecule has 0 aromatic carbocycles. The van der Waals surface area contributed by atoms with Crippen molar-refractivity contribution in [2.24, 2.45) is 0 Å². The Bertz CT molecular complexity index is 610. The van der Waals surface area contributed by atoms with Crippen LogP contribution in [-0.2, 0) is 9.53 Å². The van der Waals surface area contributed by atoms with Crippen LogP contribution in [-0.4, -0.2) is 69.3 Å². The summed E-state index contributed by atoms with van der Waals surface area (Å²) in [5.74, 6) is 0.0863. The van der Waals surface area contributed by atoms with E-state index in [1.165, 1.54) is 0 Å². The lowest BCUT2D eigenvalue weighted by atomic mass is 9.98. The van der Waals surface area contributed by atoms with Gasteiger partial charge in [0.1, 0.15) is 18.3 Å². The van der Waals surface area contributed by atoms with E-state index in [2.05, 4.69) is 0 Å². The summed E-state index contributed by atoms with van der Waals surface area (Å²) in [6, 6.07) is 3.61. The maximum absolute atomic E-state index is 11.7. The Hall–Kier alpha value is -1.58. The number of amides is 1. The van der Waals surface area contributed by atoms with Crippen molar-refractivity contribution in [1.82, 2.24) is 4.90 Å². The Morgan fingerprint density at radius 3 is 2.67 bits per heavy atom. The quantitative estimate of drug-likeness (QED) is 0.485. The van der Waals surface area contributed by atoms with Crippen molar-refractivity contribution in [1.29, 1.82) is 0 Å². The van der Waals surface area contributed by atoms with Crippen molar-refractivity contribution >= 4 is 5.91 Å². The number of likely N-dealkylation sites (tertiary alicyclic amines) is 1. The second-order valence-corrected chi connectivity index (χ2v) is 6.36. The fraction of sp³-hybridized carbons (Fsp3) is 0.625. The van der Waals surface area contributed by atoms with Crippen LogP contribution in [0.15, 0.2) is 24.5 Å². The lowest BCUT2D eigenvalue weighted by Crippen LogP contribution is -2.62. The standard InChI is InChI=1S/C16H23N2O6/c1-17-10(4-5-12(17)20)9-3-2-6-18(7-9)16-15(23)14(22)13(21)11(8-19)24-16/h2-3,6-7,10-11,13-16,19,21-23H,4-5,8H2,1H3/q+1/t10?,11-,13-,14+,15-,16-/m1/s1. The van der Waals surface area contributed by atoms with Crippen LogP contribution in [0.4, 0.5) is 0 Å². The molecule has 3 heterocycles. The van der Waals surface area contributed by atoms with Crippen LogP contribution in [0.25, 0.3) is 0 Å². The Labute approximate surface area is 139 Å². The summed E-state index contributed by atoms with van der Waals surface area (Å²) in [5, 5.41) is 39.3. The third-order valence-corrected chi connectivity index (χ3v) is 4.88. The van der Waals surface area contributed by atoms with Crippen molar-refractivity contribution in [2.75, 3.05) is 13.7 Å². The van der Waals surface area contributed by atoms with Crippen LogP contribution in [0.1, 0.15) is 30.7 Å². The zero-order valence-electron chi connectivity index (χ0n) is 13.4. The summed E-state index contributed by atoms with van der Waals surface area (Å²) >= 11 is 0. The number of aliphatic hydroxyl groups excluding tert-OH is 4. The zero-order valence-corrected chi connectivity index (χ0v) is 13.4. The summed E-state index contributed by atoms with van der Waals surface area (Å²) in [4.78, 5) is 13.4. The number of aromatic nitrogens is 1. The molecule has 0 saturated carbocycles. The number of aliphatic hydroxyl groups is 4. The van der Waals surface area contributed by atoms with E-state index in [1.807, 2.05) is 6.07 Å². The highest BCUT2D eigenvalue weighted by Crippen LogP contribution is 2.31. The molecule has 1 unspecified atom stereocenters. The van der Waals surface area contributed by atoms with E-state index in [1.54, 1.807) is 35.0 Å². The Balaban J connectivity index is 1.87. The van der Waals surface area contributed by atoms with Gasteiger partial charge < -0.3 is 30.1 Å². The second-order valence-electron chi connectivity index (χ2n) is 6.36. The van der Waals surface area contributed by atoms with Gasteiger partial charge >= 0.3 is 0 Å². The van der Waals surface area contributed by atoms with Crippen molar-refractivity contribution in [2.45, 2.75) is 49.5 Å². The first-order valence-electron chi connectivity index (χ1n) is 8.01. The van der Waals surface area contributed by atoms with Gasteiger partial charge in [-0.3, -0.25) is 4.79 Å². The molecular formula is C16H23N2O6+. The molecule has 2 aliphatic heterocycles. The molecule has 24 heavy (non-hydrogen) atoms. The number of nitrogens with zero attached hydrogens (tertiary/aromatic N) is 2. The third-order valence-electron chi connectivity index (χ3n) is 4.88. The molecule has 0 aliphatic carbocycles. The monoisotopic (exact) mass is 339 g/mol. The average molecular weight is 339 g/mol. The van der Waals surface area contributed by atoms with Crippen LogP contribution in [0, 0.1) is 0 Å². The maximum atomic E-state index is 11.7. The van der Waals surface area contributed by atoms with Crippen LogP contribution in [0.2, 0.25) is 0 Å². The van der Waals surface area contributed by atoms with Crippen LogP contribution < -0.4 is 4.57 Å². The van der Waals surface area contributed by atoms with E-state index in [0.29, 0.717) is 12.8 Å². The molecule has 0 bridgehead atoms. The Morgan fingerprint density at radius 1 is 1.29 bits per heavy atom. The smallest absolute Gasteiger partial charge is 0.292 e. The molecule has 4 N–H and O–H groups in total. The normalized spacial score (nSPS) is 37.0. The van der Waals surface area contributed by atoms with Gasteiger partial charge in [0, 0.05) is 25.1 Å². The molecule has 1 aromatic rings. The first-order valence-corrected chi connectivity index (χ1v) is 8.01. The largest absolute Gasteiger partial charge is 0.394 e. The molecule has 1 amide bonds. The molecule has 6 atom stereocenters. The van der Waals surface area contributed by atoms with Gasteiger partial charge in [0.2, 0.25) is 5.91 Å². The van der Waals surface area contributed by atoms with Crippen molar-refractivity contribution in [3.8, 4) is 0 Å². The molecule has 8 heteroatoms. The van der Waals surface area contributed by atoms with Gasteiger partial charge in [-0.25, -0.2) is 0 Å². The van der Waals surface area contributed by atoms with Gasteiger partial charge in [-0.05, 0) is 12.5 Å². The van der Waals surface area contributed by atoms with E-state index in [0.717, 1.165) is 5.56 Å². The predicted molar refractivity (Wildman–Crippen MR) is 80.4 cm³/mol. The van der Waals surface area contributed by atoms with E-state index in [-0.39, 0.29) is 11.9 Å². The molecule has 0 spiro atoms. The number of carbonyl (C=O) groups excluding carboxylic acids is 1. The molecule has 2 fully saturated rings. The first-order chi connectivity index (χ1) is 11.4. The molecular weight excluding hydrogens is 316 g/mol. The summed E-state index contributed by atoms with van der Waals surface area (Å²) in [7, 11) is 1.76. The van der Waals surface area contributed by atoms with Gasteiger partial charge in [-0.1, -0.05) is 0 Å². The number of ether oxygens (including phenoxy) is 1. The minimum absolute atomic E-state index is 0.0464. The van der Waals surface area contributed by atoms with E-state index in [4.69, 9.17) is 4.74 Å². The summed E-state index contributed by atoms with van der Waals surface area (Å²) in [5.41, 5.74) is 0.891. The van der Waals surface area contributed by atoms with E-state index < -0.39 is 37.3 Å². The topological polar surface area (TPSA) is 114 Å². The minimum Gasteiger partial charge on any atom is -0.394 e. The number of pyridine rings is 1. The fourth-order valence-electron chi connectivity index (χ4n) is 3.39. The molecule has 0 radical (unpaired) electrons. The lowest BCUT2D eigenvalue weighted by molar-refractivity contribution is -0.778. The van der Waals surface area contributed by atoms with Crippen molar-refractivity contribution < 1.29 is 34.5 Å². The minimum atomic E-state index is -1.42. The molecule has 2 saturated heterocycles. The summed E-state index contributed by atoms with van der Waals surface area (Å²) in [6.45, 7) is -0.471. The Morgan fingerprint density at radius 2 is 2.04 bits per heavy atom. The number of hydrogen-bond donors (Lipinski definition) is 4. The van der Waals surface area contributed by atoms with Crippen molar-refractivity contribution in [3.05, 3.63) is 30.1 Å². The van der Waals surface area contributed by atoms with Gasteiger partial charge in [0.05, 0.1) is 12.6 Å². The van der Waals surface area contributed by atoms with Crippen molar-refractivity contribution in [3.63, 3.8) is 0 Å². The highest BCUT2D eigenvalue weighted by Gasteiger charge is 2.48. The lowest BCUT2D eigenvalue weighted by Gasteiger charge is -2.36. The first kappa shape index (κ1) is 17.2. The average Bonchev–Trinajstić information content (AvgIpc) is 2.92. The summed E-state index contributed by atoms with van der Waals surface area (Å²) in [6.07, 6.45) is -1.41. The molecule has 2 aliphatic rings. The number of hydrogen-bond acceptors (Lipinski definition) is 6. The van der Waals surface area contributed by atoms with Gasteiger partial charge in [0.25, 0.3) is 6.23 Å². The van der Waals surface area contributed by atoms with Crippen LogP contribution in [0.5, 0.6) is 0 Å². The van der Waals surface area contributed by atoms with E-state index >= 15 is 0 Å². The fourth-order valence-corrected chi connectivity index (χ4v) is 3.39. The highest BCUT2D eigenvalue weighted by molar-refractivity contribution is 5.78. The second kappa shape index (κ2) is 6.73. The van der Waals surface area contributed by atoms with Gasteiger partial charge in [-0.15, -0.1) is 0 Å².